The number of carbonyl (C=O) groups excluding carboxylic acids is 1. The zero-order valence-corrected chi connectivity index (χ0v) is 12.8. The highest BCUT2D eigenvalue weighted by atomic mass is 16.5. The van der Waals surface area contributed by atoms with Crippen molar-refractivity contribution in [1.29, 1.82) is 0 Å². The van der Waals surface area contributed by atoms with Gasteiger partial charge in [-0.2, -0.15) is 0 Å². The summed E-state index contributed by atoms with van der Waals surface area (Å²) in [6.07, 6.45) is 3.56. The zero-order valence-electron chi connectivity index (χ0n) is 12.8. The summed E-state index contributed by atoms with van der Waals surface area (Å²) in [4.78, 5) is 16.6. The highest BCUT2D eigenvalue weighted by molar-refractivity contribution is 5.98. The van der Waals surface area contributed by atoms with Crippen LogP contribution in [0.3, 0.4) is 0 Å². The largest absolute Gasteiger partial charge is 0.497 e. The van der Waals surface area contributed by atoms with E-state index < -0.39 is 0 Å². The minimum atomic E-state index is -0.124. The summed E-state index contributed by atoms with van der Waals surface area (Å²) in [5.74, 6) is 1.47. The Bertz CT molecular complexity index is 832. The van der Waals surface area contributed by atoms with Crippen molar-refractivity contribution in [2.45, 2.75) is 6.54 Å². The predicted molar refractivity (Wildman–Crippen MR) is 83.8 cm³/mol. The lowest BCUT2D eigenvalue weighted by molar-refractivity contribution is 0.0942. The number of aryl methyl sites for hydroxylation is 2. The maximum absolute atomic E-state index is 12.4. The molecule has 3 rings (SSSR count). The number of ether oxygens (including phenoxy) is 1. The highest BCUT2D eigenvalue weighted by Crippen LogP contribution is 2.23. The summed E-state index contributed by atoms with van der Waals surface area (Å²) in [6.45, 7) is 0.396. The number of aromatic nitrogens is 3. The van der Waals surface area contributed by atoms with E-state index in [0.717, 1.165) is 22.5 Å². The Balaban J connectivity index is 1.84. The van der Waals surface area contributed by atoms with Gasteiger partial charge in [0.05, 0.1) is 13.7 Å². The topological polar surface area (TPSA) is 61.1 Å². The minimum absolute atomic E-state index is 0.124. The number of nitrogens with one attached hydrogen (secondary N) is 1. The number of hydrogen-bond donors (Lipinski definition) is 1. The maximum Gasteiger partial charge on any atom is 0.268 e. The van der Waals surface area contributed by atoms with E-state index in [0.29, 0.717) is 12.2 Å². The third-order valence-corrected chi connectivity index (χ3v) is 3.81. The van der Waals surface area contributed by atoms with Crippen LogP contribution in [0.25, 0.3) is 10.9 Å². The predicted octanol–water partition coefficient (Wildman–Crippen LogP) is 1.85. The van der Waals surface area contributed by atoms with Gasteiger partial charge in [-0.1, -0.05) is 0 Å². The number of rotatable bonds is 4. The Morgan fingerprint density at radius 3 is 2.82 bits per heavy atom. The molecule has 3 aromatic rings. The minimum Gasteiger partial charge on any atom is -0.497 e. The van der Waals surface area contributed by atoms with Gasteiger partial charge < -0.3 is 19.2 Å². The van der Waals surface area contributed by atoms with Crippen LogP contribution in [0, 0.1) is 0 Å². The highest BCUT2D eigenvalue weighted by Gasteiger charge is 2.14. The van der Waals surface area contributed by atoms with Crippen molar-refractivity contribution in [3.63, 3.8) is 0 Å². The van der Waals surface area contributed by atoms with Gasteiger partial charge >= 0.3 is 0 Å². The molecule has 1 aromatic carbocycles. The monoisotopic (exact) mass is 298 g/mol. The lowest BCUT2D eigenvalue weighted by Crippen LogP contribution is -2.26. The van der Waals surface area contributed by atoms with Crippen molar-refractivity contribution in [2.75, 3.05) is 7.11 Å². The molecule has 2 heterocycles. The lowest BCUT2D eigenvalue weighted by atomic mass is 10.2. The number of nitrogens with zero attached hydrogens (tertiary/aromatic N) is 3. The molecule has 0 saturated heterocycles. The number of benzene rings is 1. The third kappa shape index (κ3) is 2.43. The van der Waals surface area contributed by atoms with Crippen LogP contribution >= 0.6 is 0 Å². The molecular formula is C16H18N4O2. The molecule has 114 valence electrons. The Morgan fingerprint density at radius 2 is 2.14 bits per heavy atom. The molecule has 2 aromatic heterocycles. The van der Waals surface area contributed by atoms with Gasteiger partial charge in [0.2, 0.25) is 0 Å². The second-order valence-electron chi connectivity index (χ2n) is 5.15. The van der Waals surface area contributed by atoms with Crippen molar-refractivity contribution in [2.24, 2.45) is 14.1 Å². The molecule has 0 spiro atoms. The summed E-state index contributed by atoms with van der Waals surface area (Å²) < 4.78 is 8.98. The van der Waals surface area contributed by atoms with Crippen LogP contribution in [0.5, 0.6) is 5.75 Å². The summed E-state index contributed by atoms with van der Waals surface area (Å²) >= 11 is 0. The van der Waals surface area contributed by atoms with Crippen LogP contribution in [-0.4, -0.2) is 27.1 Å². The Morgan fingerprint density at radius 1 is 1.32 bits per heavy atom. The number of methoxy groups -OCH3 is 1. The van der Waals surface area contributed by atoms with Crippen molar-refractivity contribution < 1.29 is 9.53 Å². The first kappa shape index (κ1) is 14.2. The molecule has 1 N–H and O–H groups in total. The Hall–Kier alpha value is -2.76. The summed E-state index contributed by atoms with van der Waals surface area (Å²) in [5.41, 5.74) is 1.60. The number of amides is 1. The average molecular weight is 298 g/mol. The fraction of sp³-hybridized carbons (Fsp3) is 0.250. The molecule has 0 aliphatic heterocycles. The number of carbonyl (C=O) groups is 1. The lowest BCUT2D eigenvalue weighted by Gasteiger charge is -2.06. The molecule has 0 aliphatic rings. The second kappa shape index (κ2) is 5.55. The van der Waals surface area contributed by atoms with Gasteiger partial charge in [-0.25, -0.2) is 4.98 Å². The van der Waals surface area contributed by atoms with Gasteiger partial charge in [0.1, 0.15) is 17.3 Å². The number of imidazole rings is 1. The molecule has 6 nitrogen and oxygen atoms in total. The van der Waals surface area contributed by atoms with Gasteiger partial charge in [0.25, 0.3) is 5.91 Å². The number of fused-ring (bicyclic) bond motifs is 1. The summed E-state index contributed by atoms with van der Waals surface area (Å²) in [6, 6.07) is 7.62. The summed E-state index contributed by atoms with van der Waals surface area (Å²) in [7, 11) is 5.41. The molecule has 0 saturated carbocycles. The SMILES string of the molecule is COc1ccc2c(c1)cc(C(=O)NCc1nccn1C)n2C. The molecule has 0 aliphatic carbocycles. The third-order valence-electron chi connectivity index (χ3n) is 3.81. The smallest absolute Gasteiger partial charge is 0.268 e. The van der Waals surface area contributed by atoms with Crippen molar-refractivity contribution in [3.05, 3.63) is 48.2 Å². The van der Waals surface area contributed by atoms with E-state index in [1.807, 2.05) is 53.7 Å². The molecule has 1 amide bonds. The van der Waals surface area contributed by atoms with Crippen LogP contribution in [0.2, 0.25) is 0 Å². The maximum atomic E-state index is 12.4. The number of hydrogen-bond acceptors (Lipinski definition) is 3. The molecule has 0 fully saturated rings. The van der Waals surface area contributed by atoms with Crippen molar-refractivity contribution in [1.82, 2.24) is 19.4 Å². The molecule has 0 bridgehead atoms. The Labute approximate surface area is 128 Å². The van der Waals surface area contributed by atoms with Gasteiger partial charge in [0.15, 0.2) is 0 Å². The molecule has 0 atom stereocenters. The first-order valence-electron chi connectivity index (χ1n) is 6.98. The van der Waals surface area contributed by atoms with Gasteiger partial charge in [0, 0.05) is 37.4 Å². The second-order valence-corrected chi connectivity index (χ2v) is 5.15. The van der Waals surface area contributed by atoms with E-state index in [1.165, 1.54) is 0 Å². The van der Waals surface area contributed by atoms with Crippen LogP contribution < -0.4 is 10.1 Å². The fourth-order valence-electron chi connectivity index (χ4n) is 2.49. The van der Waals surface area contributed by atoms with Crippen molar-refractivity contribution in [3.8, 4) is 5.75 Å². The van der Waals surface area contributed by atoms with Crippen LogP contribution in [0.4, 0.5) is 0 Å². The van der Waals surface area contributed by atoms with E-state index in [1.54, 1.807) is 13.3 Å². The van der Waals surface area contributed by atoms with E-state index >= 15 is 0 Å². The van der Waals surface area contributed by atoms with Crippen LogP contribution in [0.15, 0.2) is 36.7 Å². The van der Waals surface area contributed by atoms with E-state index in [9.17, 15) is 4.79 Å². The normalized spacial score (nSPS) is 10.9. The van der Waals surface area contributed by atoms with Crippen molar-refractivity contribution >= 4 is 16.8 Å². The van der Waals surface area contributed by atoms with Crippen LogP contribution in [0.1, 0.15) is 16.3 Å². The quantitative estimate of drug-likeness (QED) is 0.799. The van der Waals surface area contributed by atoms with E-state index in [4.69, 9.17) is 4.74 Å². The average Bonchev–Trinajstić information content (AvgIpc) is 3.08. The first-order valence-corrected chi connectivity index (χ1v) is 6.98. The Kier molecular flexibility index (Phi) is 3.58. The molecule has 0 radical (unpaired) electrons. The van der Waals surface area contributed by atoms with E-state index in [2.05, 4.69) is 10.3 Å². The van der Waals surface area contributed by atoms with Gasteiger partial charge in [-0.15, -0.1) is 0 Å². The molecule has 6 heteroatoms. The van der Waals surface area contributed by atoms with E-state index in [-0.39, 0.29) is 5.91 Å². The zero-order chi connectivity index (χ0) is 15.7. The molecule has 22 heavy (non-hydrogen) atoms. The van der Waals surface area contributed by atoms with Gasteiger partial charge in [-0.3, -0.25) is 4.79 Å². The molecular weight excluding hydrogens is 280 g/mol. The summed E-state index contributed by atoms with van der Waals surface area (Å²) in [5, 5.41) is 3.87. The van der Waals surface area contributed by atoms with Crippen LogP contribution in [-0.2, 0) is 20.6 Å². The standard InChI is InChI=1S/C16H18N4O2/c1-19-7-6-17-15(19)10-18-16(21)14-9-11-8-12(22-3)4-5-13(11)20(14)2/h4-9H,10H2,1-3H3,(H,18,21). The first-order chi connectivity index (χ1) is 10.6. The fourth-order valence-corrected chi connectivity index (χ4v) is 2.49. The molecule has 0 unspecified atom stereocenters. The van der Waals surface area contributed by atoms with Gasteiger partial charge in [-0.05, 0) is 24.3 Å².